The quantitative estimate of drug-likeness (QED) is 0.813. The topological polar surface area (TPSA) is 71.2 Å². The molecule has 2 rings (SSSR count). The molecule has 1 atom stereocenters. The molecule has 2 heterocycles. The maximum absolute atomic E-state index is 13.0. The van der Waals surface area contributed by atoms with Gasteiger partial charge in [-0.1, -0.05) is 0 Å². The zero-order valence-corrected chi connectivity index (χ0v) is 15.0. The Bertz CT molecular complexity index is 553. The van der Waals surface area contributed by atoms with Crippen molar-refractivity contribution in [3.63, 3.8) is 0 Å². The molecular weight excluding hydrogens is 365 g/mol. The second kappa shape index (κ2) is 8.98. The minimum atomic E-state index is -4.44. The molecule has 0 spiro atoms. The third kappa shape index (κ3) is 5.58. The Morgan fingerprint density at radius 2 is 2.21 bits per heavy atom. The van der Waals surface area contributed by atoms with E-state index in [2.05, 4.69) is 10.3 Å². The lowest BCUT2D eigenvalue weighted by Crippen LogP contribution is -2.43. The third-order valence-corrected chi connectivity index (χ3v) is 4.72. The van der Waals surface area contributed by atoms with E-state index < -0.39 is 11.9 Å². The summed E-state index contributed by atoms with van der Waals surface area (Å²) in [6.07, 6.45) is -2.89. The first-order chi connectivity index (χ1) is 10.8. The van der Waals surface area contributed by atoms with Crippen LogP contribution in [0.25, 0.3) is 0 Å². The number of hydrogen-bond donors (Lipinski definition) is 2. The smallest absolute Gasteiger partial charge is 0.355 e. The molecule has 138 valence electrons. The Kier molecular flexibility index (Phi) is 7.91. The monoisotopic (exact) mass is 386 g/mol. The first-order valence-electron chi connectivity index (χ1n) is 7.55. The fraction of sp³-hybridized carbons (Fsp3) is 0.714. The lowest BCUT2D eigenvalue weighted by Gasteiger charge is -2.31. The van der Waals surface area contributed by atoms with Crippen molar-refractivity contribution < 1.29 is 18.0 Å². The van der Waals surface area contributed by atoms with Crippen LogP contribution in [0.1, 0.15) is 28.4 Å². The van der Waals surface area contributed by atoms with Crippen molar-refractivity contribution in [3.05, 3.63) is 15.6 Å². The minimum Gasteiger partial charge on any atom is -0.355 e. The van der Waals surface area contributed by atoms with E-state index in [9.17, 15) is 18.0 Å². The molecule has 1 aliphatic heterocycles. The lowest BCUT2D eigenvalue weighted by molar-refractivity contribution is -0.141. The van der Waals surface area contributed by atoms with Crippen LogP contribution in [-0.2, 0) is 17.5 Å². The average Bonchev–Trinajstić information content (AvgIpc) is 2.86. The predicted octanol–water partition coefficient (Wildman–Crippen LogP) is 2.18. The van der Waals surface area contributed by atoms with Gasteiger partial charge in [0.1, 0.15) is 0 Å². The van der Waals surface area contributed by atoms with E-state index in [0.717, 1.165) is 24.2 Å². The molecule has 10 heteroatoms. The number of alkyl halides is 3. The van der Waals surface area contributed by atoms with Crippen molar-refractivity contribution in [2.75, 3.05) is 26.2 Å². The number of carbonyl (C=O) groups excluding carboxylic acids is 1. The molecule has 24 heavy (non-hydrogen) atoms. The van der Waals surface area contributed by atoms with E-state index >= 15 is 0 Å². The van der Waals surface area contributed by atoms with Crippen LogP contribution in [0.3, 0.4) is 0 Å². The maximum Gasteiger partial charge on any atom is 0.434 e. The molecule has 3 N–H and O–H groups in total. The predicted molar refractivity (Wildman–Crippen MR) is 89.2 cm³/mol. The number of likely N-dealkylation sites (tertiary alicyclic amines) is 1. The number of nitrogens with two attached hydrogens (primary N) is 1. The Morgan fingerprint density at radius 1 is 1.50 bits per heavy atom. The van der Waals surface area contributed by atoms with Gasteiger partial charge in [0.05, 0.1) is 15.8 Å². The van der Waals surface area contributed by atoms with Crippen LogP contribution in [0.4, 0.5) is 13.2 Å². The zero-order chi connectivity index (χ0) is 17.0. The van der Waals surface area contributed by atoms with Crippen LogP contribution in [0.2, 0.25) is 0 Å². The Hall–Kier alpha value is -0.900. The summed E-state index contributed by atoms with van der Waals surface area (Å²) >= 11 is 1.07. The molecule has 1 aliphatic rings. The van der Waals surface area contributed by atoms with Crippen LogP contribution in [0.5, 0.6) is 0 Å². The molecule has 1 unspecified atom stereocenters. The van der Waals surface area contributed by atoms with E-state index in [4.69, 9.17) is 5.73 Å². The highest BCUT2D eigenvalue weighted by Crippen LogP contribution is 2.35. The Morgan fingerprint density at radius 3 is 2.83 bits per heavy atom. The molecule has 0 saturated carbocycles. The number of nitrogens with one attached hydrogen (secondary N) is 1. The van der Waals surface area contributed by atoms with E-state index in [1.165, 1.54) is 0 Å². The molecule has 5 nitrogen and oxygen atoms in total. The normalized spacial score (nSPS) is 19.0. The molecule has 0 bridgehead atoms. The van der Waals surface area contributed by atoms with Crippen LogP contribution in [-0.4, -0.2) is 42.0 Å². The van der Waals surface area contributed by atoms with Crippen molar-refractivity contribution in [2.24, 2.45) is 11.7 Å². The van der Waals surface area contributed by atoms with Gasteiger partial charge in [-0.05, 0) is 26.3 Å². The van der Waals surface area contributed by atoms with Crippen molar-refractivity contribution >= 4 is 29.7 Å². The van der Waals surface area contributed by atoms with E-state index in [-0.39, 0.29) is 35.7 Å². The number of aromatic nitrogens is 1. The van der Waals surface area contributed by atoms with Crippen LogP contribution >= 0.6 is 23.7 Å². The standard InChI is InChI=1S/C14H21F3N4OS.ClH/c1-9-20-12(14(15,16)17)11(23-9)8-21-6-2-3-10(7-21)13(22)19-5-4-18;/h10H,2-8,18H2,1H3,(H,19,22);1H. The van der Waals surface area contributed by atoms with Crippen molar-refractivity contribution in [1.29, 1.82) is 0 Å². The highest BCUT2D eigenvalue weighted by atomic mass is 35.5. The van der Waals surface area contributed by atoms with Gasteiger partial charge in [0.15, 0.2) is 5.69 Å². The highest BCUT2D eigenvalue weighted by Gasteiger charge is 2.38. The van der Waals surface area contributed by atoms with Crippen molar-refractivity contribution in [3.8, 4) is 0 Å². The van der Waals surface area contributed by atoms with Crippen LogP contribution in [0, 0.1) is 12.8 Å². The van der Waals surface area contributed by atoms with E-state index in [0.29, 0.717) is 31.2 Å². The molecule has 1 saturated heterocycles. The van der Waals surface area contributed by atoms with E-state index in [1.807, 2.05) is 4.90 Å². The van der Waals surface area contributed by atoms with Crippen molar-refractivity contribution in [2.45, 2.75) is 32.5 Å². The first-order valence-corrected chi connectivity index (χ1v) is 8.36. The van der Waals surface area contributed by atoms with Gasteiger partial charge in [-0.25, -0.2) is 4.98 Å². The summed E-state index contributed by atoms with van der Waals surface area (Å²) in [7, 11) is 0. The number of thiazole rings is 1. The van der Waals surface area contributed by atoms with Gasteiger partial charge >= 0.3 is 6.18 Å². The number of nitrogens with zero attached hydrogens (tertiary/aromatic N) is 2. The number of amides is 1. The summed E-state index contributed by atoms with van der Waals surface area (Å²) in [5.41, 5.74) is 4.56. The summed E-state index contributed by atoms with van der Waals surface area (Å²) in [6.45, 7) is 3.70. The van der Waals surface area contributed by atoms with Crippen LogP contribution in [0.15, 0.2) is 0 Å². The molecule has 1 amide bonds. The fourth-order valence-electron chi connectivity index (χ4n) is 2.75. The summed E-state index contributed by atoms with van der Waals surface area (Å²) in [4.78, 5) is 17.7. The van der Waals surface area contributed by atoms with Gasteiger partial charge in [-0.15, -0.1) is 23.7 Å². The molecule has 0 radical (unpaired) electrons. The molecule has 0 aliphatic carbocycles. The molecule has 1 aromatic rings. The van der Waals surface area contributed by atoms with Crippen LogP contribution < -0.4 is 11.1 Å². The Labute approximate surface area is 149 Å². The molecule has 0 aromatic carbocycles. The number of hydrogen-bond acceptors (Lipinski definition) is 5. The molecular formula is C14H22ClF3N4OS. The lowest BCUT2D eigenvalue weighted by atomic mass is 9.97. The number of halogens is 4. The summed E-state index contributed by atoms with van der Waals surface area (Å²) in [5.74, 6) is -0.268. The van der Waals surface area contributed by atoms with Gasteiger partial charge in [-0.2, -0.15) is 13.2 Å². The number of piperidine rings is 1. The second-order valence-electron chi connectivity index (χ2n) is 5.66. The number of rotatable bonds is 5. The molecule has 1 fully saturated rings. The summed E-state index contributed by atoms with van der Waals surface area (Å²) < 4.78 is 39.0. The van der Waals surface area contributed by atoms with E-state index in [1.54, 1.807) is 6.92 Å². The first kappa shape index (κ1) is 21.1. The van der Waals surface area contributed by atoms with Gasteiger partial charge < -0.3 is 11.1 Å². The van der Waals surface area contributed by atoms with Gasteiger partial charge in [0.25, 0.3) is 0 Å². The third-order valence-electron chi connectivity index (χ3n) is 3.76. The zero-order valence-electron chi connectivity index (χ0n) is 13.4. The minimum absolute atomic E-state index is 0. The summed E-state index contributed by atoms with van der Waals surface area (Å²) in [5, 5.41) is 3.15. The van der Waals surface area contributed by atoms with Gasteiger partial charge in [-0.3, -0.25) is 9.69 Å². The SMILES string of the molecule is Cc1nc(C(F)(F)F)c(CN2CCCC(C(=O)NCCN)C2)s1.Cl. The van der Waals surface area contributed by atoms with Crippen molar-refractivity contribution in [1.82, 2.24) is 15.2 Å². The average molecular weight is 387 g/mol. The highest BCUT2D eigenvalue weighted by molar-refractivity contribution is 7.11. The molecule has 1 aromatic heterocycles. The maximum atomic E-state index is 13.0. The summed E-state index contributed by atoms with van der Waals surface area (Å²) in [6, 6.07) is 0. The number of carbonyl (C=O) groups is 1. The Balaban J connectivity index is 0.00000288. The fourth-order valence-corrected chi connectivity index (χ4v) is 3.75. The van der Waals surface area contributed by atoms with Gasteiger partial charge in [0.2, 0.25) is 5.91 Å². The van der Waals surface area contributed by atoms with Gasteiger partial charge in [0, 0.05) is 26.2 Å². The second-order valence-corrected chi connectivity index (χ2v) is 6.94. The number of aryl methyl sites for hydroxylation is 1. The largest absolute Gasteiger partial charge is 0.434 e.